The maximum absolute atomic E-state index is 14.1. The number of non-ortho nitro benzene ring substituents is 2. The lowest BCUT2D eigenvalue weighted by molar-refractivity contribution is -0.394. The normalized spacial score (nSPS) is 16.8. The first-order chi connectivity index (χ1) is 21.3. The van der Waals surface area contributed by atoms with Gasteiger partial charge in [-0.3, -0.25) is 34.6 Å². The number of amides is 3. The lowest BCUT2D eigenvalue weighted by Crippen LogP contribution is -2.56. The molecule has 1 fully saturated rings. The number of benzene rings is 3. The summed E-state index contributed by atoms with van der Waals surface area (Å²) >= 11 is 1.48. The molecule has 1 aliphatic rings. The Kier molecular flexibility index (Phi) is 10.2. The first-order valence-electron chi connectivity index (χ1n) is 14.3. The van der Waals surface area contributed by atoms with Gasteiger partial charge in [-0.1, -0.05) is 61.5 Å². The molecule has 13 heteroatoms. The highest BCUT2D eigenvalue weighted by Gasteiger charge is 2.49. The predicted molar refractivity (Wildman–Crippen MR) is 171 cm³/mol. The quantitative estimate of drug-likeness (QED) is 0.225. The highest BCUT2D eigenvalue weighted by atomic mass is 32.2. The standard InChI is InChI=1S/C32H35N5O7S/c1-20-10-8-9-13-23(20)18-33-30(39)28-32(3,4)45-19-35(28)31(40)21(2)27(14-22-11-6-5-7-12-22)34-29(38)24-15-25(36(41)42)17-26(16-24)37(43)44/h5-13,15-17,21,27-28H,14,18-19H2,1-4H3,(H,33,39)(H,34,38)/t21-,27?,28+/m0/s1. The Morgan fingerprint density at radius 2 is 1.58 bits per heavy atom. The van der Waals surface area contributed by atoms with Gasteiger partial charge < -0.3 is 15.5 Å². The van der Waals surface area contributed by atoms with Crippen molar-refractivity contribution in [3.8, 4) is 0 Å². The van der Waals surface area contributed by atoms with Crippen molar-refractivity contribution in [1.29, 1.82) is 0 Å². The molecule has 0 bridgehead atoms. The minimum Gasteiger partial charge on any atom is -0.350 e. The smallest absolute Gasteiger partial charge is 0.277 e. The summed E-state index contributed by atoms with van der Waals surface area (Å²) < 4.78 is -0.592. The number of carbonyl (C=O) groups is 3. The third-order valence-corrected chi connectivity index (χ3v) is 9.36. The van der Waals surface area contributed by atoms with E-state index in [2.05, 4.69) is 10.6 Å². The van der Waals surface area contributed by atoms with Crippen LogP contribution in [0.4, 0.5) is 11.4 Å². The van der Waals surface area contributed by atoms with Crippen LogP contribution in [0, 0.1) is 33.1 Å². The van der Waals surface area contributed by atoms with Gasteiger partial charge in [-0.05, 0) is 43.9 Å². The number of aryl methyl sites for hydroxylation is 1. The Morgan fingerprint density at radius 1 is 0.978 bits per heavy atom. The van der Waals surface area contributed by atoms with Crippen molar-refractivity contribution in [3.05, 3.63) is 115 Å². The van der Waals surface area contributed by atoms with Crippen LogP contribution in [0.2, 0.25) is 0 Å². The molecule has 236 valence electrons. The van der Waals surface area contributed by atoms with Crippen LogP contribution in [0.25, 0.3) is 0 Å². The van der Waals surface area contributed by atoms with Gasteiger partial charge in [0.15, 0.2) is 0 Å². The second-order valence-electron chi connectivity index (χ2n) is 11.5. The summed E-state index contributed by atoms with van der Waals surface area (Å²) in [5, 5.41) is 28.6. The van der Waals surface area contributed by atoms with E-state index in [1.807, 2.05) is 75.4 Å². The number of nitrogens with one attached hydrogen (secondary N) is 2. The molecule has 45 heavy (non-hydrogen) atoms. The fourth-order valence-electron chi connectivity index (χ4n) is 5.34. The van der Waals surface area contributed by atoms with Crippen LogP contribution in [0.5, 0.6) is 0 Å². The number of nitro groups is 2. The van der Waals surface area contributed by atoms with Crippen LogP contribution in [-0.4, -0.2) is 55.2 Å². The summed E-state index contributed by atoms with van der Waals surface area (Å²) in [5.74, 6) is -2.01. The van der Waals surface area contributed by atoms with Gasteiger partial charge in [0.1, 0.15) is 6.04 Å². The van der Waals surface area contributed by atoms with E-state index in [-0.39, 0.29) is 29.7 Å². The van der Waals surface area contributed by atoms with Crippen LogP contribution in [0.15, 0.2) is 72.8 Å². The molecule has 1 saturated heterocycles. The number of hydrogen-bond donors (Lipinski definition) is 2. The van der Waals surface area contributed by atoms with Crippen molar-refractivity contribution in [3.63, 3.8) is 0 Å². The van der Waals surface area contributed by atoms with Crippen molar-refractivity contribution in [2.24, 2.45) is 5.92 Å². The molecule has 3 aromatic carbocycles. The zero-order valence-corrected chi connectivity index (χ0v) is 26.2. The van der Waals surface area contributed by atoms with E-state index in [0.717, 1.165) is 34.9 Å². The predicted octanol–water partition coefficient (Wildman–Crippen LogP) is 4.79. The van der Waals surface area contributed by atoms with Crippen molar-refractivity contribution in [2.45, 2.75) is 57.5 Å². The molecule has 2 N–H and O–H groups in total. The van der Waals surface area contributed by atoms with Gasteiger partial charge in [0, 0.05) is 29.5 Å². The number of hydrogen-bond acceptors (Lipinski definition) is 8. The Morgan fingerprint density at radius 3 is 2.18 bits per heavy atom. The second kappa shape index (κ2) is 13.9. The Labute approximate surface area is 264 Å². The van der Waals surface area contributed by atoms with Crippen molar-refractivity contribution in [2.75, 3.05) is 5.88 Å². The minimum absolute atomic E-state index is 0.227. The fourth-order valence-corrected chi connectivity index (χ4v) is 6.48. The molecular formula is C32H35N5O7S. The molecular weight excluding hydrogens is 598 g/mol. The number of nitrogens with zero attached hydrogens (tertiary/aromatic N) is 3. The Balaban J connectivity index is 1.60. The van der Waals surface area contributed by atoms with E-state index in [1.54, 1.807) is 6.92 Å². The van der Waals surface area contributed by atoms with Gasteiger partial charge in [0.2, 0.25) is 11.8 Å². The first kappa shape index (κ1) is 33.1. The van der Waals surface area contributed by atoms with Gasteiger partial charge in [-0.25, -0.2) is 0 Å². The fraction of sp³-hybridized carbons (Fsp3) is 0.344. The summed E-state index contributed by atoms with van der Waals surface area (Å²) in [4.78, 5) is 63.8. The molecule has 1 aliphatic heterocycles. The lowest BCUT2D eigenvalue weighted by atomic mass is 9.91. The van der Waals surface area contributed by atoms with E-state index in [0.29, 0.717) is 6.54 Å². The van der Waals surface area contributed by atoms with Gasteiger partial charge in [0.05, 0.1) is 33.3 Å². The second-order valence-corrected chi connectivity index (χ2v) is 13.1. The number of rotatable bonds is 11. The molecule has 0 radical (unpaired) electrons. The van der Waals surface area contributed by atoms with E-state index in [9.17, 15) is 34.6 Å². The molecule has 1 unspecified atom stereocenters. The van der Waals surface area contributed by atoms with Gasteiger partial charge in [-0.2, -0.15) is 0 Å². The lowest BCUT2D eigenvalue weighted by Gasteiger charge is -2.34. The third-order valence-electron chi connectivity index (χ3n) is 7.99. The molecule has 3 aromatic rings. The molecule has 1 heterocycles. The summed E-state index contributed by atoms with van der Waals surface area (Å²) in [6.45, 7) is 7.74. The highest BCUT2D eigenvalue weighted by molar-refractivity contribution is 8.00. The molecule has 0 saturated carbocycles. The third kappa shape index (κ3) is 7.85. The first-order valence-corrected chi connectivity index (χ1v) is 15.3. The largest absolute Gasteiger partial charge is 0.350 e. The topological polar surface area (TPSA) is 165 Å². The van der Waals surface area contributed by atoms with Crippen LogP contribution >= 0.6 is 11.8 Å². The molecule has 3 atom stereocenters. The van der Waals surface area contributed by atoms with Gasteiger partial charge in [0.25, 0.3) is 17.3 Å². The summed E-state index contributed by atoms with van der Waals surface area (Å²) in [6.07, 6.45) is 0.227. The average molecular weight is 634 g/mol. The van der Waals surface area contributed by atoms with Crippen molar-refractivity contribution >= 4 is 40.9 Å². The SMILES string of the molecule is Cc1ccccc1CNC(=O)[C@H]1N(C(=O)[C@@H](C)C(Cc2ccccc2)NC(=O)c2cc([N+](=O)[O-])cc([N+](=O)[O-])c2)CSC1(C)C. The maximum atomic E-state index is 14.1. The zero-order valence-electron chi connectivity index (χ0n) is 25.4. The van der Waals surface area contributed by atoms with Gasteiger partial charge >= 0.3 is 0 Å². The highest BCUT2D eigenvalue weighted by Crippen LogP contribution is 2.40. The number of thioether (sulfide) groups is 1. The van der Waals surface area contributed by atoms with E-state index >= 15 is 0 Å². The maximum Gasteiger partial charge on any atom is 0.277 e. The summed E-state index contributed by atoms with van der Waals surface area (Å²) in [5.41, 5.74) is 1.33. The minimum atomic E-state index is -0.830. The summed E-state index contributed by atoms with van der Waals surface area (Å²) in [6, 6.07) is 18.0. The van der Waals surface area contributed by atoms with E-state index in [1.165, 1.54) is 16.7 Å². The number of carbonyl (C=O) groups excluding carboxylic acids is 3. The summed E-state index contributed by atoms with van der Waals surface area (Å²) in [7, 11) is 0. The van der Waals surface area contributed by atoms with Crippen molar-refractivity contribution < 1.29 is 24.2 Å². The molecule has 4 rings (SSSR count). The Bertz CT molecular complexity index is 1580. The van der Waals surface area contributed by atoms with Crippen LogP contribution in [0.3, 0.4) is 0 Å². The van der Waals surface area contributed by atoms with Gasteiger partial charge in [-0.15, -0.1) is 11.8 Å². The van der Waals surface area contributed by atoms with Crippen LogP contribution in [-0.2, 0) is 22.6 Å². The molecule has 12 nitrogen and oxygen atoms in total. The Hall–Kier alpha value is -4.78. The zero-order chi connectivity index (χ0) is 32.9. The molecule has 0 spiro atoms. The molecule has 0 aliphatic carbocycles. The van der Waals surface area contributed by atoms with E-state index in [4.69, 9.17) is 0 Å². The average Bonchev–Trinajstić information content (AvgIpc) is 3.34. The monoisotopic (exact) mass is 633 g/mol. The van der Waals surface area contributed by atoms with Crippen LogP contribution in [0.1, 0.15) is 47.8 Å². The molecule has 3 amide bonds. The molecule has 0 aromatic heterocycles. The van der Waals surface area contributed by atoms with E-state index < -0.39 is 49.9 Å². The number of nitro benzene ring substituents is 2. The van der Waals surface area contributed by atoms with Crippen molar-refractivity contribution in [1.82, 2.24) is 15.5 Å². The van der Waals surface area contributed by atoms with Crippen LogP contribution < -0.4 is 10.6 Å².